The Kier molecular flexibility index (Phi) is 2.97. The van der Waals surface area contributed by atoms with E-state index in [9.17, 15) is 18.3 Å². The van der Waals surface area contributed by atoms with Crippen molar-refractivity contribution in [2.24, 2.45) is 0 Å². The molecule has 0 saturated carbocycles. The van der Waals surface area contributed by atoms with Crippen molar-refractivity contribution in [1.29, 1.82) is 0 Å². The molecule has 0 unspecified atom stereocenters. The number of alkyl halides is 4. The molecule has 0 aliphatic carbocycles. The van der Waals surface area contributed by atoms with Crippen LogP contribution in [0, 0.1) is 0 Å². The van der Waals surface area contributed by atoms with Crippen molar-refractivity contribution >= 4 is 28.1 Å². The molecule has 2 N–H and O–H groups in total. The predicted octanol–water partition coefficient (Wildman–Crippen LogP) is 4.31. The van der Waals surface area contributed by atoms with Crippen LogP contribution in [0.15, 0.2) is 24.3 Å². The summed E-state index contributed by atoms with van der Waals surface area (Å²) in [5.74, 6) is -0.127. The first kappa shape index (κ1) is 13.4. The molecule has 1 aliphatic heterocycles. The number of rotatable bonds is 1. The highest BCUT2D eigenvalue weighted by Crippen LogP contribution is 2.46. The van der Waals surface area contributed by atoms with E-state index in [-0.39, 0.29) is 28.3 Å². The highest BCUT2D eigenvalue weighted by Gasteiger charge is 2.36. The molecule has 0 spiro atoms. The van der Waals surface area contributed by atoms with Gasteiger partial charge in [0.2, 0.25) is 0 Å². The summed E-state index contributed by atoms with van der Waals surface area (Å²) in [5, 5.41) is 13.2. The Labute approximate surface area is 118 Å². The Bertz CT molecular complexity index is 684. The highest BCUT2D eigenvalue weighted by molar-refractivity contribution is 6.18. The van der Waals surface area contributed by atoms with E-state index in [2.05, 4.69) is 5.32 Å². The van der Waals surface area contributed by atoms with Gasteiger partial charge in [0, 0.05) is 40.9 Å². The molecule has 2 nitrogen and oxygen atoms in total. The van der Waals surface area contributed by atoms with Gasteiger partial charge in [0.05, 0.1) is 5.56 Å². The Morgan fingerprint density at radius 3 is 2.75 bits per heavy atom. The van der Waals surface area contributed by atoms with Crippen molar-refractivity contribution in [2.45, 2.75) is 12.1 Å². The van der Waals surface area contributed by atoms with Crippen LogP contribution in [0.5, 0.6) is 5.75 Å². The molecular formula is C14H11ClF3NO. The Balaban J connectivity index is 2.44. The maximum absolute atomic E-state index is 13.2. The number of hydrogen-bond donors (Lipinski definition) is 2. The fourth-order valence-electron chi connectivity index (χ4n) is 2.76. The van der Waals surface area contributed by atoms with E-state index < -0.39 is 11.7 Å². The first-order valence-electron chi connectivity index (χ1n) is 6.09. The molecule has 0 amide bonds. The number of phenolic OH excluding ortho intramolecular Hbond substituents is 1. The van der Waals surface area contributed by atoms with Crippen LogP contribution >= 0.6 is 11.6 Å². The maximum Gasteiger partial charge on any atom is 0.417 e. The minimum absolute atomic E-state index is 0.0469. The summed E-state index contributed by atoms with van der Waals surface area (Å²) in [6.45, 7) is 0.476. The number of hydrogen-bond acceptors (Lipinski definition) is 2. The second kappa shape index (κ2) is 4.45. The van der Waals surface area contributed by atoms with E-state index in [1.165, 1.54) is 18.2 Å². The lowest BCUT2D eigenvalue weighted by Crippen LogP contribution is -2.08. The number of aromatic hydroxyl groups is 1. The van der Waals surface area contributed by atoms with Crippen LogP contribution in [-0.2, 0) is 6.18 Å². The van der Waals surface area contributed by atoms with Gasteiger partial charge in [-0.1, -0.05) is 12.1 Å². The largest absolute Gasteiger partial charge is 0.507 e. The quantitative estimate of drug-likeness (QED) is 0.769. The van der Waals surface area contributed by atoms with Gasteiger partial charge in [0.15, 0.2) is 0 Å². The zero-order valence-electron chi connectivity index (χ0n) is 10.3. The molecule has 106 valence electrons. The summed E-state index contributed by atoms with van der Waals surface area (Å²) in [5.41, 5.74) is 0.332. The molecule has 1 atom stereocenters. The SMILES string of the molecule is Oc1cc2c(c3c(C(F)(F)F)cccc13)[C@H](CCl)CN2. The number of phenols is 1. The van der Waals surface area contributed by atoms with Crippen LogP contribution in [-0.4, -0.2) is 17.5 Å². The number of anilines is 1. The standard InChI is InChI=1S/C14H11ClF3NO/c15-5-7-6-19-10-4-11(20)8-2-1-3-9(14(16,17)18)13(8)12(7)10/h1-4,7,19-20H,5-6H2/t7-/m1/s1. The zero-order chi connectivity index (χ0) is 14.5. The lowest BCUT2D eigenvalue weighted by molar-refractivity contribution is -0.136. The number of fused-ring (bicyclic) bond motifs is 3. The Morgan fingerprint density at radius 1 is 1.35 bits per heavy atom. The number of benzene rings is 2. The van der Waals surface area contributed by atoms with Crippen molar-refractivity contribution in [3.05, 3.63) is 35.4 Å². The molecule has 0 radical (unpaired) electrons. The van der Waals surface area contributed by atoms with Crippen LogP contribution < -0.4 is 5.32 Å². The van der Waals surface area contributed by atoms with E-state index in [4.69, 9.17) is 11.6 Å². The molecule has 2 aromatic carbocycles. The molecule has 0 fully saturated rings. The lowest BCUT2D eigenvalue weighted by Gasteiger charge is -2.16. The molecule has 0 saturated heterocycles. The number of halogens is 4. The van der Waals surface area contributed by atoms with E-state index >= 15 is 0 Å². The van der Waals surface area contributed by atoms with Crippen LogP contribution in [0.1, 0.15) is 17.0 Å². The van der Waals surface area contributed by atoms with Crippen LogP contribution in [0.2, 0.25) is 0 Å². The monoisotopic (exact) mass is 301 g/mol. The van der Waals surface area contributed by atoms with Crippen molar-refractivity contribution in [2.75, 3.05) is 17.7 Å². The van der Waals surface area contributed by atoms with Crippen LogP contribution in [0.25, 0.3) is 10.8 Å². The van der Waals surface area contributed by atoms with Crippen molar-refractivity contribution in [3.63, 3.8) is 0 Å². The Morgan fingerprint density at radius 2 is 2.10 bits per heavy atom. The average molecular weight is 302 g/mol. The van der Waals surface area contributed by atoms with Gasteiger partial charge in [-0.15, -0.1) is 11.6 Å². The summed E-state index contributed by atoms with van der Waals surface area (Å²) < 4.78 is 39.6. The Hall–Kier alpha value is -1.62. The maximum atomic E-state index is 13.2. The molecular weight excluding hydrogens is 291 g/mol. The topological polar surface area (TPSA) is 32.3 Å². The average Bonchev–Trinajstić information content (AvgIpc) is 2.80. The molecule has 0 bridgehead atoms. The third-order valence-electron chi connectivity index (χ3n) is 3.62. The van der Waals surface area contributed by atoms with Crippen molar-refractivity contribution < 1.29 is 18.3 Å². The van der Waals surface area contributed by atoms with Gasteiger partial charge < -0.3 is 10.4 Å². The van der Waals surface area contributed by atoms with E-state index in [1.54, 1.807) is 0 Å². The molecule has 0 aromatic heterocycles. The van der Waals surface area contributed by atoms with Crippen molar-refractivity contribution in [3.8, 4) is 5.75 Å². The fourth-order valence-corrected chi connectivity index (χ4v) is 3.02. The van der Waals surface area contributed by atoms with Gasteiger partial charge in [-0.3, -0.25) is 0 Å². The molecule has 3 rings (SSSR count). The van der Waals surface area contributed by atoms with Gasteiger partial charge in [0.25, 0.3) is 0 Å². The van der Waals surface area contributed by atoms with Gasteiger partial charge in [-0.2, -0.15) is 13.2 Å². The smallest absolute Gasteiger partial charge is 0.417 e. The van der Waals surface area contributed by atoms with E-state index in [0.717, 1.165) is 6.07 Å². The molecule has 1 heterocycles. The fraction of sp³-hybridized carbons (Fsp3) is 0.286. The third kappa shape index (κ3) is 1.88. The zero-order valence-corrected chi connectivity index (χ0v) is 11.0. The summed E-state index contributed by atoms with van der Waals surface area (Å²) in [6, 6.07) is 5.29. The minimum Gasteiger partial charge on any atom is -0.507 e. The second-order valence-corrected chi connectivity index (χ2v) is 5.12. The summed E-state index contributed by atoms with van der Waals surface area (Å²) in [7, 11) is 0. The van der Waals surface area contributed by atoms with Gasteiger partial charge in [-0.05, 0) is 11.6 Å². The minimum atomic E-state index is -4.47. The molecule has 2 aromatic rings. The summed E-state index contributed by atoms with van der Waals surface area (Å²) in [4.78, 5) is 0. The van der Waals surface area contributed by atoms with Gasteiger partial charge in [0.1, 0.15) is 5.75 Å². The van der Waals surface area contributed by atoms with E-state index in [0.29, 0.717) is 17.8 Å². The number of nitrogens with one attached hydrogen (secondary N) is 1. The lowest BCUT2D eigenvalue weighted by atomic mass is 9.92. The van der Waals surface area contributed by atoms with Gasteiger partial charge >= 0.3 is 6.18 Å². The molecule has 1 aliphatic rings. The highest BCUT2D eigenvalue weighted by atomic mass is 35.5. The van der Waals surface area contributed by atoms with Crippen LogP contribution in [0.3, 0.4) is 0 Å². The predicted molar refractivity (Wildman–Crippen MR) is 72.6 cm³/mol. The van der Waals surface area contributed by atoms with Crippen molar-refractivity contribution in [1.82, 2.24) is 0 Å². The first-order chi connectivity index (χ1) is 9.43. The third-order valence-corrected chi connectivity index (χ3v) is 3.99. The second-order valence-electron chi connectivity index (χ2n) is 4.81. The molecule has 6 heteroatoms. The summed E-state index contributed by atoms with van der Waals surface area (Å²) in [6.07, 6.45) is -4.47. The summed E-state index contributed by atoms with van der Waals surface area (Å²) >= 11 is 5.86. The first-order valence-corrected chi connectivity index (χ1v) is 6.62. The molecule has 20 heavy (non-hydrogen) atoms. The van der Waals surface area contributed by atoms with Gasteiger partial charge in [-0.25, -0.2) is 0 Å². The normalized spacial score (nSPS) is 18.1. The van der Waals surface area contributed by atoms with E-state index in [1.807, 2.05) is 0 Å². The van der Waals surface area contributed by atoms with Crippen LogP contribution in [0.4, 0.5) is 18.9 Å².